The number of benzene rings is 1. The van der Waals surface area contributed by atoms with Crippen LogP contribution in [0.5, 0.6) is 11.5 Å². The zero-order valence-electron chi connectivity index (χ0n) is 15.9. The molecular formula is C20H25N3O4. The smallest absolute Gasteiger partial charge is 0.258 e. The number of aryl methyl sites for hydroxylation is 1. The van der Waals surface area contributed by atoms with Gasteiger partial charge in [-0.1, -0.05) is 36.2 Å². The minimum absolute atomic E-state index is 0.113. The van der Waals surface area contributed by atoms with Crippen LogP contribution in [0.2, 0.25) is 0 Å². The van der Waals surface area contributed by atoms with E-state index in [9.17, 15) is 4.79 Å². The van der Waals surface area contributed by atoms with Gasteiger partial charge in [0.15, 0.2) is 23.9 Å². The van der Waals surface area contributed by atoms with Crippen LogP contribution in [0.25, 0.3) is 6.08 Å². The molecule has 1 amide bonds. The molecule has 0 saturated heterocycles. The van der Waals surface area contributed by atoms with Crippen molar-refractivity contribution in [2.45, 2.75) is 45.1 Å². The van der Waals surface area contributed by atoms with E-state index in [-0.39, 0.29) is 12.5 Å². The maximum Gasteiger partial charge on any atom is 0.258 e. The summed E-state index contributed by atoms with van der Waals surface area (Å²) < 4.78 is 16.2. The Bertz CT molecular complexity index is 822. The van der Waals surface area contributed by atoms with E-state index in [1.165, 1.54) is 0 Å². The Morgan fingerprint density at radius 1 is 1.33 bits per heavy atom. The van der Waals surface area contributed by atoms with Crippen molar-refractivity contribution in [2.24, 2.45) is 0 Å². The molecule has 1 fully saturated rings. The fourth-order valence-electron chi connectivity index (χ4n) is 3.42. The quantitative estimate of drug-likeness (QED) is 0.803. The molecule has 0 radical (unpaired) electrons. The standard InChI is InChI=1S/C20H25N3O4/c1-4-7-15-8-9-16(17(12-15)25-3)26-13-18(24)22-20(10-5-6-11-20)19-21-14(2)27-23-19/h4,7-9,12H,5-6,10-11,13H2,1-3H3,(H,22,24)/b7-4+. The summed E-state index contributed by atoms with van der Waals surface area (Å²) in [6, 6.07) is 5.58. The van der Waals surface area contributed by atoms with Crippen LogP contribution in [-0.4, -0.2) is 29.8 Å². The molecule has 0 aliphatic heterocycles. The predicted molar refractivity (Wildman–Crippen MR) is 101 cm³/mol. The SMILES string of the molecule is C/C=C/c1ccc(OCC(=O)NC2(c3noc(C)n3)CCCC2)c(OC)c1. The second-order valence-electron chi connectivity index (χ2n) is 6.67. The van der Waals surface area contributed by atoms with Gasteiger partial charge in [0.1, 0.15) is 5.54 Å². The van der Waals surface area contributed by atoms with Gasteiger partial charge >= 0.3 is 0 Å². The number of hydrogen-bond acceptors (Lipinski definition) is 6. The summed E-state index contributed by atoms with van der Waals surface area (Å²) in [5.74, 6) is 1.92. The van der Waals surface area contributed by atoms with Crippen molar-refractivity contribution in [1.82, 2.24) is 15.5 Å². The summed E-state index contributed by atoms with van der Waals surface area (Å²) in [5, 5.41) is 7.09. The lowest BCUT2D eigenvalue weighted by Crippen LogP contribution is -2.46. The van der Waals surface area contributed by atoms with Crippen LogP contribution in [0.1, 0.15) is 49.9 Å². The van der Waals surface area contributed by atoms with Crippen LogP contribution < -0.4 is 14.8 Å². The molecule has 27 heavy (non-hydrogen) atoms. The highest BCUT2D eigenvalue weighted by atomic mass is 16.5. The van der Waals surface area contributed by atoms with Crippen LogP contribution in [-0.2, 0) is 10.3 Å². The molecule has 0 unspecified atom stereocenters. The first-order valence-corrected chi connectivity index (χ1v) is 9.11. The van der Waals surface area contributed by atoms with E-state index < -0.39 is 5.54 Å². The minimum atomic E-state index is -0.571. The average molecular weight is 371 g/mol. The normalized spacial score (nSPS) is 15.8. The Kier molecular flexibility index (Phi) is 5.78. The fraction of sp³-hybridized carbons (Fsp3) is 0.450. The summed E-state index contributed by atoms with van der Waals surface area (Å²) in [4.78, 5) is 16.9. The topological polar surface area (TPSA) is 86.5 Å². The van der Waals surface area contributed by atoms with Gasteiger partial charge in [0, 0.05) is 6.92 Å². The first-order chi connectivity index (χ1) is 13.1. The van der Waals surface area contributed by atoms with E-state index in [1.54, 1.807) is 20.1 Å². The average Bonchev–Trinajstić information content (AvgIpc) is 3.30. The van der Waals surface area contributed by atoms with Crippen molar-refractivity contribution < 1.29 is 18.8 Å². The largest absolute Gasteiger partial charge is 0.493 e. The molecule has 0 spiro atoms. The molecular weight excluding hydrogens is 346 g/mol. The van der Waals surface area contributed by atoms with Crippen molar-refractivity contribution in [2.75, 3.05) is 13.7 Å². The molecule has 144 valence electrons. The molecule has 1 N–H and O–H groups in total. The second-order valence-corrected chi connectivity index (χ2v) is 6.67. The van der Waals surface area contributed by atoms with Gasteiger partial charge in [-0.2, -0.15) is 4.98 Å². The molecule has 1 heterocycles. The number of methoxy groups -OCH3 is 1. The number of nitrogens with zero attached hydrogens (tertiary/aromatic N) is 2. The molecule has 2 aromatic rings. The number of carbonyl (C=O) groups excluding carboxylic acids is 1. The second kappa shape index (κ2) is 8.24. The van der Waals surface area contributed by atoms with Crippen LogP contribution >= 0.6 is 0 Å². The number of carbonyl (C=O) groups is 1. The highest BCUT2D eigenvalue weighted by molar-refractivity contribution is 5.78. The summed E-state index contributed by atoms with van der Waals surface area (Å²) >= 11 is 0. The van der Waals surface area contributed by atoms with Gasteiger partial charge in [-0.3, -0.25) is 4.79 Å². The third-order valence-corrected chi connectivity index (χ3v) is 4.70. The summed E-state index contributed by atoms with van der Waals surface area (Å²) in [6.07, 6.45) is 7.52. The first kappa shape index (κ1) is 18.9. The maximum absolute atomic E-state index is 12.6. The Hall–Kier alpha value is -2.83. The molecule has 1 saturated carbocycles. The van der Waals surface area contributed by atoms with E-state index in [0.717, 1.165) is 31.2 Å². The molecule has 0 bridgehead atoms. The molecule has 1 aromatic carbocycles. The zero-order valence-corrected chi connectivity index (χ0v) is 15.9. The van der Waals surface area contributed by atoms with Gasteiger partial charge < -0.3 is 19.3 Å². The molecule has 1 aliphatic carbocycles. The molecule has 0 atom stereocenters. The van der Waals surface area contributed by atoms with Crippen molar-refractivity contribution in [3.05, 3.63) is 41.6 Å². The van der Waals surface area contributed by atoms with Gasteiger partial charge in [-0.15, -0.1) is 0 Å². The summed E-state index contributed by atoms with van der Waals surface area (Å²) in [5.41, 5.74) is 0.432. The number of allylic oxidation sites excluding steroid dienone is 1. The Balaban J connectivity index is 1.67. The minimum Gasteiger partial charge on any atom is -0.493 e. The van der Waals surface area contributed by atoms with Gasteiger partial charge in [0.2, 0.25) is 5.89 Å². The summed E-state index contributed by atoms with van der Waals surface area (Å²) in [7, 11) is 1.58. The van der Waals surface area contributed by atoms with Crippen molar-refractivity contribution in [3.8, 4) is 11.5 Å². The van der Waals surface area contributed by atoms with Gasteiger partial charge in [0.05, 0.1) is 7.11 Å². The monoisotopic (exact) mass is 371 g/mol. The highest BCUT2D eigenvalue weighted by Crippen LogP contribution is 2.37. The Morgan fingerprint density at radius 2 is 2.11 bits per heavy atom. The highest BCUT2D eigenvalue weighted by Gasteiger charge is 2.41. The number of rotatable bonds is 7. The van der Waals surface area contributed by atoms with Crippen LogP contribution in [0, 0.1) is 6.92 Å². The molecule has 1 aromatic heterocycles. The molecule has 3 rings (SSSR count). The summed E-state index contributed by atoms with van der Waals surface area (Å²) in [6.45, 7) is 3.58. The zero-order chi connectivity index (χ0) is 19.3. The van der Waals surface area contributed by atoms with E-state index in [1.807, 2.05) is 31.2 Å². The molecule has 7 heteroatoms. The lowest BCUT2D eigenvalue weighted by molar-refractivity contribution is -0.125. The lowest BCUT2D eigenvalue weighted by atomic mass is 9.96. The van der Waals surface area contributed by atoms with Gasteiger partial charge in [0.25, 0.3) is 5.91 Å². The van der Waals surface area contributed by atoms with Crippen LogP contribution in [0.4, 0.5) is 0 Å². The van der Waals surface area contributed by atoms with Crippen LogP contribution in [0.3, 0.4) is 0 Å². The number of ether oxygens (including phenoxy) is 2. The van der Waals surface area contributed by atoms with Gasteiger partial charge in [-0.25, -0.2) is 0 Å². The van der Waals surface area contributed by atoms with E-state index >= 15 is 0 Å². The maximum atomic E-state index is 12.6. The van der Waals surface area contributed by atoms with Crippen molar-refractivity contribution >= 4 is 12.0 Å². The number of aromatic nitrogens is 2. The van der Waals surface area contributed by atoms with Crippen LogP contribution in [0.15, 0.2) is 28.8 Å². The van der Waals surface area contributed by atoms with E-state index in [2.05, 4.69) is 15.5 Å². The van der Waals surface area contributed by atoms with E-state index in [0.29, 0.717) is 23.2 Å². The third kappa shape index (κ3) is 4.30. The number of amides is 1. The molecule has 7 nitrogen and oxygen atoms in total. The van der Waals surface area contributed by atoms with E-state index in [4.69, 9.17) is 14.0 Å². The number of hydrogen-bond donors (Lipinski definition) is 1. The Labute approximate surface area is 158 Å². The fourth-order valence-corrected chi connectivity index (χ4v) is 3.42. The first-order valence-electron chi connectivity index (χ1n) is 9.11. The number of nitrogens with one attached hydrogen (secondary N) is 1. The van der Waals surface area contributed by atoms with Gasteiger partial charge in [-0.05, 0) is 37.5 Å². The van der Waals surface area contributed by atoms with Crippen molar-refractivity contribution in [1.29, 1.82) is 0 Å². The van der Waals surface area contributed by atoms with Crippen molar-refractivity contribution in [3.63, 3.8) is 0 Å². The predicted octanol–water partition coefficient (Wildman–Crippen LogP) is 3.38. The third-order valence-electron chi connectivity index (χ3n) is 4.70. The lowest BCUT2D eigenvalue weighted by Gasteiger charge is -2.26. The Morgan fingerprint density at radius 3 is 2.74 bits per heavy atom. The molecule has 1 aliphatic rings.